The van der Waals surface area contributed by atoms with Crippen LogP contribution in [0.1, 0.15) is 21.5 Å². The van der Waals surface area contributed by atoms with Crippen molar-refractivity contribution in [3.05, 3.63) is 63.9 Å². The molecule has 0 radical (unpaired) electrons. The lowest BCUT2D eigenvalue weighted by Crippen LogP contribution is -2.32. The van der Waals surface area contributed by atoms with Gasteiger partial charge in [-0.1, -0.05) is 39.7 Å². The van der Waals surface area contributed by atoms with Crippen LogP contribution in [0.5, 0.6) is 0 Å². The van der Waals surface area contributed by atoms with Crippen molar-refractivity contribution in [2.45, 2.75) is 17.4 Å². The number of rotatable bonds is 2. The molecule has 2 nitrogen and oxygen atoms in total. The summed E-state index contributed by atoms with van der Waals surface area (Å²) in [7, 11) is 0. The van der Waals surface area contributed by atoms with Crippen molar-refractivity contribution in [3.8, 4) is 0 Å². The molecule has 3 rings (SSSR count). The summed E-state index contributed by atoms with van der Waals surface area (Å²) >= 11 is 9.09. The number of halogens is 6. The van der Waals surface area contributed by atoms with Gasteiger partial charge >= 0.3 is 6.18 Å². The molecular formula is C17H11BrClF4NO. The first-order chi connectivity index (χ1) is 11.7. The van der Waals surface area contributed by atoms with Gasteiger partial charge < -0.3 is 4.90 Å². The number of nitrogens with zero attached hydrogens (tertiary/aromatic N) is 1. The maximum Gasteiger partial charge on any atom is 0.419 e. The highest BCUT2D eigenvalue weighted by Gasteiger charge is 2.38. The molecule has 1 aliphatic rings. The molecule has 25 heavy (non-hydrogen) atoms. The van der Waals surface area contributed by atoms with E-state index in [-0.39, 0.29) is 12.2 Å². The monoisotopic (exact) mass is 435 g/mol. The Morgan fingerprint density at radius 1 is 1.20 bits per heavy atom. The van der Waals surface area contributed by atoms with Crippen LogP contribution in [-0.4, -0.2) is 12.5 Å². The summed E-state index contributed by atoms with van der Waals surface area (Å²) in [5.74, 6) is -1.74. The van der Waals surface area contributed by atoms with Crippen molar-refractivity contribution in [1.29, 1.82) is 0 Å². The summed E-state index contributed by atoms with van der Waals surface area (Å²) in [5.41, 5.74) is -0.267. The number of alkyl halides is 4. The molecule has 0 bridgehead atoms. The number of hydrogen-bond acceptors (Lipinski definition) is 1. The Morgan fingerprint density at radius 2 is 1.84 bits per heavy atom. The van der Waals surface area contributed by atoms with E-state index >= 15 is 0 Å². The van der Waals surface area contributed by atoms with E-state index in [2.05, 4.69) is 15.9 Å². The van der Waals surface area contributed by atoms with Gasteiger partial charge in [-0.2, -0.15) is 13.2 Å². The standard InChI is InChI=1S/C17H11BrClF4NO/c18-15(9-1-3-11(19)4-2-9)16(25)24-6-5-10-7-13(20)12(8-14(10)24)17(21,22)23/h1-4,7-8,15H,5-6H2. The highest BCUT2D eigenvalue weighted by Crippen LogP contribution is 2.39. The summed E-state index contributed by atoms with van der Waals surface area (Å²) in [6.07, 6.45) is -4.52. The van der Waals surface area contributed by atoms with Crippen LogP contribution < -0.4 is 4.90 Å². The summed E-state index contributed by atoms with van der Waals surface area (Å²) < 4.78 is 52.5. The third kappa shape index (κ3) is 3.53. The van der Waals surface area contributed by atoms with Crippen LogP contribution in [-0.2, 0) is 17.4 Å². The third-order valence-corrected chi connectivity index (χ3v) is 5.19. The van der Waals surface area contributed by atoms with E-state index in [1.54, 1.807) is 24.3 Å². The molecule has 1 amide bonds. The fourth-order valence-electron chi connectivity index (χ4n) is 2.76. The second-order valence-electron chi connectivity index (χ2n) is 5.61. The predicted molar refractivity (Wildman–Crippen MR) is 90.6 cm³/mol. The van der Waals surface area contributed by atoms with Gasteiger partial charge in [0.05, 0.1) is 5.56 Å². The van der Waals surface area contributed by atoms with Crippen LogP contribution in [0, 0.1) is 5.82 Å². The van der Waals surface area contributed by atoms with E-state index in [4.69, 9.17) is 11.6 Å². The smallest absolute Gasteiger partial charge is 0.311 e. The quantitative estimate of drug-likeness (QED) is 0.448. The number of amides is 1. The van der Waals surface area contributed by atoms with E-state index in [0.717, 1.165) is 6.07 Å². The molecule has 1 aliphatic heterocycles. The van der Waals surface area contributed by atoms with E-state index in [1.165, 1.54) is 4.90 Å². The van der Waals surface area contributed by atoms with Gasteiger partial charge in [-0.25, -0.2) is 4.39 Å². The van der Waals surface area contributed by atoms with Crippen molar-refractivity contribution in [3.63, 3.8) is 0 Å². The van der Waals surface area contributed by atoms with Crippen molar-refractivity contribution >= 4 is 39.1 Å². The topological polar surface area (TPSA) is 20.3 Å². The van der Waals surface area contributed by atoms with Crippen LogP contribution >= 0.6 is 27.5 Å². The number of fused-ring (bicyclic) bond motifs is 1. The van der Waals surface area contributed by atoms with Gasteiger partial charge in [0.25, 0.3) is 0 Å². The Labute approximate surface area is 154 Å². The average Bonchev–Trinajstić information content (AvgIpc) is 2.95. The molecule has 8 heteroatoms. The van der Waals surface area contributed by atoms with Crippen LogP contribution in [0.4, 0.5) is 23.2 Å². The Balaban J connectivity index is 1.94. The van der Waals surface area contributed by atoms with E-state index in [0.29, 0.717) is 28.6 Å². The van der Waals surface area contributed by atoms with Crippen LogP contribution in [0.3, 0.4) is 0 Å². The molecule has 0 aromatic heterocycles. The zero-order chi connectivity index (χ0) is 18.4. The molecule has 0 aliphatic carbocycles. The first-order valence-electron chi connectivity index (χ1n) is 7.29. The van der Waals surface area contributed by atoms with Crippen molar-refractivity contribution < 1.29 is 22.4 Å². The minimum absolute atomic E-state index is 0.0946. The maximum atomic E-state index is 13.7. The Hall–Kier alpha value is -1.60. The normalized spacial score (nSPS) is 15.2. The molecule has 0 saturated carbocycles. The van der Waals surface area contributed by atoms with Gasteiger partial charge in [0.2, 0.25) is 5.91 Å². The number of anilines is 1. The van der Waals surface area contributed by atoms with Crippen molar-refractivity contribution in [1.82, 2.24) is 0 Å². The van der Waals surface area contributed by atoms with Gasteiger partial charge in [-0.3, -0.25) is 4.79 Å². The second-order valence-corrected chi connectivity index (χ2v) is 6.96. The van der Waals surface area contributed by atoms with Gasteiger partial charge in [0, 0.05) is 17.3 Å². The summed E-state index contributed by atoms with van der Waals surface area (Å²) in [5, 5.41) is 0.507. The zero-order valence-corrected chi connectivity index (χ0v) is 14.9. The lowest BCUT2D eigenvalue weighted by molar-refractivity contribution is -0.140. The van der Waals surface area contributed by atoms with E-state index < -0.39 is 28.3 Å². The van der Waals surface area contributed by atoms with E-state index in [9.17, 15) is 22.4 Å². The zero-order valence-electron chi connectivity index (χ0n) is 12.6. The van der Waals surface area contributed by atoms with Gasteiger partial charge in [0.1, 0.15) is 10.6 Å². The Kier molecular flexibility index (Phi) is 4.81. The predicted octanol–water partition coefficient (Wildman–Crippen LogP) is 5.52. The molecule has 0 spiro atoms. The fraction of sp³-hybridized carbons (Fsp3) is 0.235. The highest BCUT2D eigenvalue weighted by atomic mass is 79.9. The molecule has 0 fully saturated rings. The fourth-order valence-corrected chi connectivity index (χ4v) is 3.44. The molecule has 0 N–H and O–H groups in total. The molecule has 2 aromatic carbocycles. The van der Waals surface area contributed by atoms with Gasteiger partial charge in [0.15, 0.2) is 0 Å². The van der Waals surface area contributed by atoms with Crippen molar-refractivity contribution in [2.75, 3.05) is 11.4 Å². The molecule has 0 saturated heterocycles. The second kappa shape index (κ2) is 6.61. The van der Waals surface area contributed by atoms with Gasteiger partial charge in [-0.05, 0) is 41.8 Å². The lowest BCUT2D eigenvalue weighted by atomic mass is 10.1. The largest absolute Gasteiger partial charge is 0.419 e. The first kappa shape index (κ1) is 18.2. The number of benzene rings is 2. The van der Waals surface area contributed by atoms with Gasteiger partial charge in [-0.15, -0.1) is 0 Å². The maximum absolute atomic E-state index is 13.7. The van der Waals surface area contributed by atoms with Crippen molar-refractivity contribution in [2.24, 2.45) is 0 Å². The lowest BCUT2D eigenvalue weighted by Gasteiger charge is -2.22. The highest BCUT2D eigenvalue weighted by molar-refractivity contribution is 9.09. The summed E-state index contributed by atoms with van der Waals surface area (Å²) in [6, 6.07) is 8.11. The van der Waals surface area contributed by atoms with Crippen LogP contribution in [0.15, 0.2) is 36.4 Å². The molecule has 1 unspecified atom stereocenters. The number of carbonyl (C=O) groups excluding carboxylic acids is 1. The molecule has 1 heterocycles. The SMILES string of the molecule is O=C(C(Br)c1ccc(Cl)cc1)N1CCc2cc(F)c(C(F)(F)F)cc21. The summed E-state index contributed by atoms with van der Waals surface area (Å²) in [6.45, 7) is 0.199. The number of hydrogen-bond donors (Lipinski definition) is 0. The summed E-state index contributed by atoms with van der Waals surface area (Å²) in [4.78, 5) is 13.2. The molecule has 132 valence electrons. The molecule has 2 aromatic rings. The minimum Gasteiger partial charge on any atom is -0.311 e. The Bertz CT molecular complexity index is 823. The van der Waals surface area contributed by atoms with Crippen LogP contribution in [0.2, 0.25) is 5.02 Å². The van der Waals surface area contributed by atoms with E-state index in [1.807, 2.05) is 0 Å². The third-order valence-electron chi connectivity index (χ3n) is 4.01. The first-order valence-corrected chi connectivity index (χ1v) is 8.58. The average molecular weight is 437 g/mol. The number of carbonyl (C=O) groups is 1. The molecule has 1 atom stereocenters. The van der Waals surface area contributed by atoms with Crippen LogP contribution in [0.25, 0.3) is 0 Å². The minimum atomic E-state index is -4.82. The molecular weight excluding hydrogens is 426 g/mol. The Morgan fingerprint density at radius 3 is 2.44 bits per heavy atom.